The maximum atomic E-state index is 3.65. The molecule has 0 aliphatic carbocycles. The fraction of sp³-hybridized carbons (Fsp3) is 1.00. The van der Waals surface area contributed by atoms with Gasteiger partial charge in [-0.05, 0) is 6.42 Å². The summed E-state index contributed by atoms with van der Waals surface area (Å²) in [4.78, 5) is 0. The minimum Gasteiger partial charge on any atom is -0.0859 e. The third-order valence-electron chi connectivity index (χ3n) is 1.87. The fourth-order valence-corrected chi connectivity index (χ4v) is 1.43. The molecule has 0 rings (SSSR count). The van der Waals surface area contributed by atoms with Crippen LogP contribution in [0, 0.1) is 0 Å². The predicted molar refractivity (Wildman–Crippen MR) is 56.4 cm³/mol. The molecular formula is C10H21Br. The Kier molecular flexibility index (Phi) is 6.31. The quantitative estimate of drug-likeness (QED) is 0.457. The Labute approximate surface area is 79.9 Å². The molecule has 68 valence electrons. The average molecular weight is 221 g/mol. The average Bonchev–Trinajstić information content (AvgIpc) is 1.85. The van der Waals surface area contributed by atoms with Crippen LogP contribution < -0.4 is 0 Å². The third kappa shape index (κ3) is 10.5. The fourth-order valence-electron chi connectivity index (χ4n) is 1.15. The van der Waals surface area contributed by atoms with Crippen molar-refractivity contribution in [3.63, 3.8) is 0 Å². The first-order chi connectivity index (χ1) is 5.06. The number of alkyl halides is 1. The smallest absolute Gasteiger partial charge is 0.0201 e. The van der Waals surface area contributed by atoms with Crippen LogP contribution in [0.5, 0.6) is 0 Å². The number of hydrogen-bond acceptors (Lipinski definition) is 0. The molecule has 0 atom stereocenters. The summed E-state index contributed by atoms with van der Waals surface area (Å²) in [5.41, 5.74) is 0. The standard InChI is InChI=1S/C10H21Br/c1-4-5-6-7-8-9-10(2,3)11/h4-9H2,1-3H3. The van der Waals surface area contributed by atoms with Gasteiger partial charge in [-0.15, -0.1) is 0 Å². The van der Waals surface area contributed by atoms with Crippen LogP contribution in [0.15, 0.2) is 0 Å². The summed E-state index contributed by atoms with van der Waals surface area (Å²) < 4.78 is 0.360. The van der Waals surface area contributed by atoms with Crippen LogP contribution in [0.25, 0.3) is 0 Å². The van der Waals surface area contributed by atoms with Gasteiger partial charge in [-0.25, -0.2) is 0 Å². The zero-order valence-electron chi connectivity index (χ0n) is 8.12. The van der Waals surface area contributed by atoms with Crippen molar-refractivity contribution < 1.29 is 0 Å². The number of rotatable bonds is 6. The summed E-state index contributed by atoms with van der Waals surface area (Å²) in [6, 6.07) is 0. The van der Waals surface area contributed by atoms with E-state index < -0.39 is 0 Å². The molecule has 0 radical (unpaired) electrons. The summed E-state index contributed by atoms with van der Waals surface area (Å²) in [5, 5.41) is 0. The first-order valence-electron chi connectivity index (χ1n) is 4.75. The van der Waals surface area contributed by atoms with Crippen LogP contribution in [-0.4, -0.2) is 4.32 Å². The normalized spacial score (nSPS) is 12.0. The lowest BCUT2D eigenvalue weighted by Crippen LogP contribution is -2.07. The van der Waals surface area contributed by atoms with E-state index in [1.54, 1.807) is 0 Å². The maximum Gasteiger partial charge on any atom is 0.0201 e. The monoisotopic (exact) mass is 220 g/mol. The molecule has 0 N–H and O–H groups in total. The Bertz CT molecular complexity index is 81.4. The molecule has 0 nitrogen and oxygen atoms in total. The largest absolute Gasteiger partial charge is 0.0859 e. The highest BCUT2D eigenvalue weighted by molar-refractivity contribution is 9.10. The number of halogens is 1. The summed E-state index contributed by atoms with van der Waals surface area (Å²) in [6.07, 6.45) is 8.25. The number of unbranched alkanes of at least 4 members (excludes halogenated alkanes) is 4. The van der Waals surface area contributed by atoms with E-state index in [-0.39, 0.29) is 0 Å². The van der Waals surface area contributed by atoms with Crippen molar-refractivity contribution in [2.45, 2.75) is 63.6 Å². The Morgan fingerprint density at radius 1 is 1.00 bits per heavy atom. The second-order valence-electron chi connectivity index (χ2n) is 3.88. The van der Waals surface area contributed by atoms with E-state index >= 15 is 0 Å². The van der Waals surface area contributed by atoms with Crippen LogP contribution in [0.2, 0.25) is 0 Å². The van der Waals surface area contributed by atoms with Crippen molar-refractivity contribution in [2.24, 2.45) is 0 Å². The van der Waals surface area contributed by atoms with E-state index in [9.17, 15) is 0 Å². The molecule has 0 amide bonds. The van der Waals surface area contributed by atoms with Gasteiger partial charge in [-0.3, -0.25) is 0 Å². The molecule has 0 unspecified atom stereocenters. The Morgan fingerprint density at radius 2 is 1.55 bits per heavy atom. The molecule has 0 aliphatic rings. The first-order valence-corrected chi connectivity index (χ1v) is 5.54. The lowest BCUT2D eigenvalue weighted by atomic mass is 10.0. The van der Waals surface area contributed by atoms with Gasteiger partial charge < -0.3 is 0 Å². The van der Waals surface area contributed by atoms with Crippen molar-refractivity contribution in [2.75, 3.05) is 0 Å². The highest BCUT2D eigenvalue weighted by atomic mass is 79.9. The minimum absolute atomic E-state index is 0.360. The van der Waals surface area contributed by atoms with E-state index in [0.717, 1.165) is 0 Å². The second kappa shape index (κ2) is 6.05. The highest BCUT2D eigenvalue weighted by Gasteiger charge is 2.10. The summed E-state index contributed by atoms with van der Waals surface area (Å²) in [5.74, 6) is 0. The molecule has 11 heavy (non-hydrogen) atoms. The summed E-state index contributed by atoms with van der Waals surface area (Å²) >= 11 is 3.65. The van der Waals surface area contributed by atoms with Crippen molar-refractivity contribution in [3.8, 4) is 0 Å². The lowest BCUT2D eigenvalue weighted by Gasteiger charge is -2.14. The van der Waals surface area contributed by atoms with E-state index in [0.29, 0.717) is 4.32 Å². The van der Waals surface area contributed by atoms with E-state index in [2.05, 4.69) is 36.7 Å². The molecule has 0 aromatic heterocycles. The van der Waals surface area contributed by atoms with Crippen molar-refractivity contribution >= 4 is 15.9 Å². The molecule has 0 aliphatic heterocycles. The van der Waals surface area contributed by atoms with Crippen LogP contribution >= 0.6 is 15.9 Å². The van der Waals surface area contributed by atoms with Gasteiger partial charge in [0.15, 0.2) is 0 Å². The Morgan fingerprint density at radius 3 is 2.00 bits per heavy atom. The molecule has 0 aromatic carbocycles. The molecule has 1 heteroatoms. The SMILES string of the molecule is CCCCCCCC(C)(C)Br. The zero-order chi connectivity index (χ0) is 8.74. The summed E-state index contributed by atoms with van der Waals surface area (Å²) in [6.45, 7) is 6.74. The van der Waals surface area contributed by atoms with Crippen molar-refractivity contribution in [3.05, 3.63) is 0 Å². The van der Waals surface area contributed by atoms with Crippen LogP contribution in [-0.2, 0) is 0 Å². The topological polar surface area (TPSA) is 0 Å². The van der Waals surface area contributed by atoms with Gasteiger partial charge in [0.1, 0.15) is 0 Å². The van der Waals surface area contributed by atoms with Gasteiger partial charge in [0.2, 0.25) is 0 Å². The van der Waals surface area contributed by atoms with Gasteiger partial charge in [-0.1, -0.05) is 68.8 Å². The molecule has 0 spiro atoms. The molecule has 0 saturated heterocycles. The lowest BCUT2D eigenvalue weighted by molar-refractivity contribution is 0.555. The zero-order valence-corrected chi connectivity index (χ0v) is 9.71. The minimum atomic E-state index is 0.360. The Hall–Kier alpha value is 0.480. The second-order valence-corrected chi connectivity index (χ2v) is 6.03. The van der Waals surface area contributed by atoms with Gasteiger partial charge in [0, 0.05) is 4.32 Å². The van der Waals surface area contributed by atoms with Gasteiger partial charge in [0.05, 0.1) is 0 Å². The molecule has 0 fully saturated rings. The van der Waals surface area contributed by atoms with Crippen LogP contribution in [0.3, 0.4) is 0 Å². The molecule has 0 aromatic rings. The van der Waals surface area contributed by atoms with Gasteiger partial charge in [-0.2, -0.15) is 0 Å². The molecule has 0 saturated carbocycles. The molecule has 0 heterocycles. The predicted octanol–water partition coefficient (Wildman–Crippen LogP) is 4.52. The first kappa shape index (κ1) is 11.5. The Balaban J connectivity index is 3.02. The van der Waals surface area contributed by atoms with Gasteiger partial charge >= 0.3 is 0 Å². The number of hydrogen-bond donors (Lipinski definition) is 0. The third-order valence-corrected chi connectivity index (χ3v) is 2.27. The van der Waals surface area contributed by atoms with Gasteiger partial charge in [0.25, 0.3) is 0 Å². The van der Waals surface area contributed by atoms with Crippen molar-refractivity contribution in [1.29, 1.82) is 0 Å². The molecular weight excluding hydrogens is 200 g/mol. The van der Waals surface area contributed by atoms with E-state index in [4.69, 9.17) is 0 Å². The summed E-state index contributed by atoms with van der Waals surface area (Å²) in [7, 11) is 0. The van der Waals surface area contributed by atoms with Crippen LogP contribution in [0.1, 0.15) is 59.3 Å². The molecule has 0 bridgehead atoms. The van der Waals surface area contributed by atoms with Crippen molar-refractivity contribution in [1.82, 2.24) is 0 Å². The van der Waals surface area contributed by atoms with E-state index in [1.807, 2.05) is 0 Å². The highest BCUT2D eigenvalue weighted by Crippen LogP contribution is 2.23. The van der Waals surface area contributed by atoms with E-state index in [1.165, 1.54) is 38.5 Å². The van der Waals surface area contributed by atoms with Crippen LogP contribution in [0.4, 0.5) is 0 Å². The maximum absolute atomic E-state index is 3.65.